The summed E-state index contributed by atoms with van der Waals surface area (Å²) in [6.07, 6.45) is 30.0. The zero-order chi connectivity index (χ0) is 30.5. The molecule has 0 atom stereocenters. The largest absolute Gasteiger partial charge is 0.222 e. The van der Waals surface area contributed by atoms with E-state index in [1.165, 1.54) is 157 Å². The van der Waals surface area contributed by atoms with Crippen molar-refractivity contribution in [2.45, 2.75) is 142 Å². The Bertz CT molecular complexity index is 1050. The fourth-order valence-corrected chi connectivity index (χ4v) is 6.14. The van der Waals surface area contributed by atoms with Gasteiger partial charge in [-0.15, -0.1) is 10.2 Å². The van der Waals surface area contributed by atoms with Crippen LogP contribution in [0.15, 0.2) is 48.5 Å². The van der Waals surface area contributed by atoms with Crippen molar-refractivity contribution in [3.05, 3.63) is 54.1 Å². The van der Waals surface area contributed by atoms with E-state index in [1.807, 2.05) is 0 Å². The van der Waals surface area contributed by atoms with Gasteiger partial charge in [-0.2, -0.15) is 4.57 Å². The van der Waals surface area contributed by atoms with Gasteiger partial charge in [0.1, 0.15) is 7.05 Å². The standard InChI is InChI=1S/C36H56N.ClHO4/c1-3-4-5-6-7-8-9-10-11-12-13-14-15-16-17-18-19-20-21-22-27-32-33-28-23-25-30-35(33)37(2)36-31-26-24-29-34(32)36;2-1(3,4)5/h23-26,28-31H,3-22,27H2,1-2H3;(H,2,3,4,5)/q+1;/p-1. The molecule has 0 amide bonds. The van der Waals surface area contributed by atoms with E-state index in [1.54, 1.807) is 5.56 Å². The number of pyridine rings is 1. The number of benzene rings is 2. The Hall–Kier alpha value is -1.76. The molecule has 0 aliphatic heterocycles. The summed E-state index contributed by atoms with van der Waals surface area (Å²) >= 11 is 0. The van der Waals surface area contributed by atoms with E-state index in [2.05, 4.69) is 67.1 Å². The molecule has 1 heterocycles. The van der Waals surface area contributed by atoms with Crippen LogP contribution < -0.4 is 23.2 Å². The summed E-state index contributed by atoms with van der Waals surface area (Å²) in [6, 6.07) is 17.9. The molecule has 0 saturated carbocycles. The van der Waals surface area contributed by atoms with Gasteiger partial charge in [0.2, 0.25) is 11.0 Å². The number of rotatable bonds is 21. The molecule has 6 heteroatoms. The second kappa shape index (κ2) is 21.9. The Balaban J connectivity index is 0.00000113. The highest BCUT2D eigenvalue weighted by Gasteiger charge is 2.16. The van der Waals surface area contributed by atoms with E-state index >= 15 is 0 Å². The van der Waals surface area contributed by atoms with Crippen LogP contribution in [0.1, 0.15) is 141 Å². The third kappa shape index (κ3) is 15.6. The van der Waals surface area contributed by atoms with E-state index in [9.17, 15) is 0 Å². The summed E-state index contributed by atoms with van der Waals surface area (Å²) in [5.41, 5.74) is 4.25. The number of halogens is 1. The molecule has 0 aliphatic carbocycles. The number of hydrogen-bond donors (Lipinski definition) is 0. The first-order chi connectivity index (χ1) is 20.3. The van der Waals surface area contributed by atoms with Crippen molar-refractivity contribution in [3.8, 4) is 0 Å². The Morgan fingerprint density at radius 1 is 0.476 bits per heavy atom. The molecule has 0 bridgehead atoms. The number of aryl methyl sites for hydroxylation is 2. The van der Waals surface area contributed by atoms with Gasteiger partial charge in [0.25, 0.3) is 0 Å². The molecule has 1 aromatic heterocycles. The van der Waals surface area contributed by atoms with Crippen molar-refractivity contribution >= 4 is 21.8 Å². The topological polar surface area (TPSA) is 96.1 Å². The van der Waals surface area contributed by atoms with Gasteiger partial charge < -0.3 is 0 Å². The molecule has 2 aromatic carbocycles. The highest BCUT2D eigenvalue weighted by atomic mass is 35.7. The average Bonchev–Trinajstić information content (AvgIpc) is 2.97. The van der Waals surface area contributed by atoms with Gasteiger partial charge in [0.05, 0.1) is 10.8 Å². The second-order valence-corrected chi connectivity index (χ2v) is 12.7. The first kappa shape index (κ1) is 36.4. The van der Waals surface area contributed by atoms with Gasteiger partial charge in [0.15, 0.2) is 0 Å². The van der Waals surface area contributed by atoms with E-state index in [-0.39, 0.29) is 0 Å². The lowest BCUT2D eigenvalue weighted by Gasteiger charge is -2.17. The third-order valence-electron chi connectivity index (χ3n) is 8.46. The Morgan fingerprint density at radius 3 is 1.10 bits per heavy atom. The monoisotopic (exact) mass is 601 g/mol. The third-order valence-corrected chi connectivity index (χ3v) is 8.46. The van der Waals surface area contributed by atoms with Crippen molar-refractivity contribution < 1.29 is 33.4 Å². The second-order valence-electron chi connectivity index (χ2n) is 11.9. The summed E-state index contributed by atoms with van der Waals surface area (Å²) in [5.74, 6) is 0. The van der Waals surface area contributed by atoms with Gasteiger partial charge >= 0.3 is 0 Å². The zero-order valence-corrected chi connectivity index (χ0v) is 27.2. The summed E-state index contributed by atoms with van der Waals surface area (Å²) in [6.45, 7) is 2.30. The maximum Gasteiger partial charge on any atom is 0.213 e. The summed E-state index contributed by atoms with van der Waals surface area (Å²) in [4.78, 5) is 0. The van der Waals surface area contributed by atoms with Crippen LogP contribution in [0.25, 0.3) is 21.8 Å². The molecular weight excluding hydrogens is 546 g/mol. The minimum atomic E-state index is -4.94. The fourth-order valence-electron chi connectivity index (χ4n) is 6.14. The van der Waals surface area contributed by atoms with Crippen molar-refractivity contribution in [2.24, 2.45) is 7.05 Å². The first-order valence-electron chi connectivity index (χ1n) is 16.7. The number of para-hydroxylation sites is 2. The molecule has 236 valence electrons. The molecule has 0 N–H and O–H groups in total. The summed E-state index contributed by atoms with van der Waals surface area (Å²) in [7, 11) is -2.74. The Morgan fingerprint density at radius 2 is 0.762 bits per heavy atom. The van der Waals surface area contributed by atoms with Crippen molar-refractivity contribution in [3.63, 3.8) is 0 Å². The van der Waals surface area contributed by atoms with Crippen molar-refractivity contribution in [1.29, 1.82) is 0 Å². The van der Waals surface area contributed by atoms with E-state index in [0.717, 1.165) is 0 Å². The van der Waals surface area contributed by atoms with Gasteiger partial charge in [-0.1, -0.05) is 153 Å². The highest BCUT2D eigenvalue weighted by molar-refractivity contribution is 5.93. The number of aromatic nitrogens is 1. The maximum absolute atomic E-state index is 8.49. The van der Waals surface area contributed by atoms with Crippen molar-refractivity contribution in [1.82, 2.24) is 0 Å². The lowest BCUT2D eigenvalue weighted by Crippen LogP contribution is -2.68. The van der Waals surface area contributed by atoms with Crippen LogP contribution in [0.5, 0.6) is 0 Å². The molecule has 3 rings (SSSR count). The Labute approximate surface area is 257 Å². The number of nitrogens with zero attached hydrogens (tertiary/aromatic N) is 1. The van der Waals surface area contributed by atoms with Gasteiger partial charge in [0, 0.05) is 12.1 Å². The number of fused-ring (bicyclic) bond motifs is 2. The summed E-state index contributed by atoms with van der Waals surface area (Å²) < 4.78 is 36.3. The first-order valence-corrected chi connectivity index (χ1v) is 18.0. The van der Waals surface area contributed by atoms with Crippen LogP contribution in [0.3, 0.4) is 0 Å². The molecule has 5 nitrogen and oxygen atoms in total. The van der Waals surface area contributed by atoms with Crippen LogP contribution >= 0.6 is 0 Å². The van der Waals surface area contributed by atoms with E-state index < -0.39 is 10.2 Å². The van der Waals surface area contributed by atoms with Crippen molar-refractivity contribution in [2.75, 3.05) is 0 Å². The lowest BCUT2D eigenvalue weighted by molar-refractivity contribution is -2.00. The lowest BCUT2D eigenvalue weighted by atomic mass is 9.96. The molecule has 0 saturated heterocycles. The zero-order valence-electron chi connectivity index (χ0n) is 26.4. The average molecular weight is 602 g/mol. The maximum atomic E-state index is 8.49. The van der Waals surface area contributed by atoms with Crippen LogP contribution in [0.2, 0.25) is 0 Å². The molecule has 0 unspecified atom stereocenters. The van der Waals surface area contributed by atoms with Crippen LogP contribution in [-0.4, -0.2) is 0 Å². The normalized spacial score (nSPS) is 11.7. The number of hydrogen-bond acceptors (Lipinski definition) is 4. The highest BCUT2D eigenvalue weighted by Crippen LogP contribution is 2.26. The predicted octanol–water partition coefficient (Wildman–Crippen LogP) is 6.43. The van der Waals surface area contributed by atoms with Gasteiger partial charge in [-0.05, 0) is 30.5 Å². The van der Waals surface area contributed by atoms with Gasteiger partial charge in [-0.25, -0.2) is 18.6 Å². The molecule has 3 aromatic rings. The molecule has 0 spiro atoms. The smallest absolute Gasteiger partial charge is 0.213 e. The van der Waals surface area contributed by atoms with Crippen LogP contribution in [-0.2, 0) is 13.5 Å². The molecular formula is C36H56ClNO4. The SMILES string of the molecule is CCCCCCCCCCCCCCCCCCCCCCc1c2ccccc2[n+](C)c2ccccc12.[O-][Cl+3]([O-])([O-])[O-]. The minimum absolute atomic E-state index is 1.20. The van der Waals surface area contributed by atoms with Crippen LogP contribution in [0, 0.1) is 10.2 Å². The fraction of sp³-hybridized carbons (Fsp3) is 0.639. The molecule has 0 fully saturated rings. The van der Waals surface area contributed by atoms with Gasteiger partial charge in [-0.3, -0.25) is 0 Å². The minimum Gasteiger partial charge on any atom is -0.222 e. The number of unbranched alkanes of at least 4 members (excludes halogenated alkanes) is 19. The quantitative estimate of drug-likeness (QED) is 0.0799. The summed E-state index contributed by atoms with van der Waals surface area (Å²) in [5, 5.41) is 2.86. The van der Waals surface area contributed by atoms with E-state index in [4.69, 9.17) is 18.6 Å². The predicted molar refractivity (Wildman–Crippen MR) is 164 cm³/mol. The molecule has 0 radical (unpaired) electrons. The van der Waals surface area contributed by atoms with Crippen LogP contribution in [0.4, 0.5) is 0 Å². The van der Waals surface area contributed by atoms with E-state index in [0.29, 0.717) is 0 Å². The molecule has 42 heavy (non-hydrogen) atoms. The Kier molecular flexibility index (Phi) is 19.0. The molecule has 0 aliphatic rings.